The van der Waals surface area contributed by atoms with Gasteiger partial charge in [0.1, 0.15) is 11.6 Å². The summed E-state index contributed by atoms with van der Waals surface area (Å²) in [5, 5.41) is 7.31. The lowest BCUT2D eigenvalue weighted by Gasteiger charge is -2.19. The minimum atomic E-state index is -4.74. The zero-order valence-electron chi connectivity index (χ0n) is 13.6. The van der Waals surface area contributed by atoms with E-state index in [1.807, 2.05) is 0 Å². The Kier molecular flexibility index (Phi) is 4.89. The molecule has 1 aliphatic heterocycles. The van der Waals surface area contributed by atoms with Crippen molar-refractivity contribution in [2.45, 2.75) is 12.7 Å². The highest BCUT2D eigenvalue weighted by molar-refractivity contribution is 5.96. The summed E-state index contributed by atoms with van der Waals surface area (Å²) in [6.07, 6.45) is -4.74. The molecule has 0 fully saturated rings. The van der Waals surface area contributed by atoms with E-state index in [1.54, 1.807) is 0 Å². The van der Waals surface area contributed by atoms with Crippen molar-refractivity contribution in [2.75, 3.05) is 17.2 Å². The summed E-state index contributed by atoms with van der Waals surface area (Å²) in [5.41, 5.74) is -0.660. The molecule has 0 radical (unpaired) electrons. The lowest BCUT2D eigenvalue weighted by molar-refractivity contribution is -0.138. The lowest BCUT2D eigenvalue weighted by atomic mass is 10.1. The Labute approximate surface area is 150 Å². The van der Waals surface area contributed by atoms with Gasteiger partial charge in [0.15, 0.2) is 6.61 Å². The largest absolute Gasteiger partial charge is 0.482 e. The predicted octanol–water partition coefficient (Wildman–Crippen LogP) is 3.50. The number of nitrogens with one attached hydrogen (secondary N) is 3. The fourth-order valence-electron chi connectivity index (χ4n) is 2.47. The second kappa shape index (κ2) is 7.14. The van der Waals surface area contributed by atoms with E-state index in [2.05, 4.69) is 16.0 Å². The molecule has 2 aromatic rings. The highest BCUT2D eigenvalue weighted by Gasteiger charge is 2.33. The summed E-state index contributed by atoms with van der Waals surface area (Å²) in [6.45, 7) is -0.605. The molecule has 6 nitrogen and oxygen atoms in total. The number of urea groups is 1. The van der Waals surface area contributed by atoms with Gasteiger partial charge in [-0.2, -0.15) is 13.2 Å². The summed E-state index contributed by atoms with van der Waals surface area (Å²) in [5.74, 6) is -0.970. The fourth-order valence-corrected chi connectivity index (χ4v) is 2.47. The summed E-state index contributed by atoms with van der Waals surface area (Å²) in [7, 11) is 0. The van der Waals surface area contributed by atoms with Gasteiger partial charge in [-0.3, -0.25) is 4.79 Å². The number of carbonyl (C=O) groups is 2. The van der Waals surface area contributed by atoms with Crippen LogP contribution < -0.4 is 20.7 Å². The molecule has 1 aliphatic rings. The van der Waals surface area contributed by atoms with Crippen LogP contribution in [0.5, 0.6) is 5.75 Å². The van der Waals surface area contributed by atoms with Crippen molar-refractivity contribution in [1.82, 2.24) is 5.32 Å². The maximum Gasteiger partial charge on any atom is 0.416 e. The van der Waals surface area contributed by atoms with E-state index in [4.69, 9.17) is 4.74 Å². The molecular formula is C17H13F4N3O3. The number of fused-ring (bicyclic) bond motifs is 1. The van der Waals surface area contributed by atoms with Gasteiger partial charge in [0.2, 0.25) is 0 Å². The van der Waals surface area contributed by atoms with Crippen molar-refractivity contribution in [2.24, 2.45) is 0 Å². The third kappa shape index (κ3) is 4.46. The van der Waals surface area contributed by atoms with Gasteiger partial charge in [-0.05, 0) is 29.8 Å². The third-order valence-corrected chi connectivity index (χ3v) is 3.69. The van der Waals surface area contributed by atoms with Crippen LogP contribution in [0.2, 0.25) is 0 Å². The quantitative estimate of drug-likeness (QED) is 0.710. The maximum absolute atomic E-state index is 13.1. The van der Waals surface area contributed by atoms with Crippen LogP contribution in [0.25, 0.3) is 0 Å². The van der Waals surface area contributed by atoms with Crippen LogP contribution in [0.3, 0.4) is 0 Å². The number of anilines is 2. The van der Waals surface area contributed by atoms with Gasteiger partial charge in [-0.1, -0.05) is 6.07 Å². The Morgan fingerprint density at radius 1 is 1.19 bits per heavy atom. The molecule has 0 spiro atoms. The van der Waals surface area contributed by atoms with Crippen LogP contribution in [0.4, 0.5) is 33.7 Å². The molecule has 0 unspecified atom stereocenters. The van der Waals surface area contributed by atoms with Crippen LogP contribution in [0.15, 0.2) is 36.4 Å². The number of alkyl halides is 3. The van der Waals surface area contributed by atoms with E-state index in [0.29, 0.717) is 23.2 Å². The molecule has 0 aliphatic carbocycles. The Hall–Kier alpha value is -3.30. The summed E-state index contributed by atoms with van der Waals surface area (Å²) >= 11 is 0. The Balaban J connectivity index is 1.65. The Morgan fingerprint density at radius 3 is 2.70 bits per heavy atom. The number of halogens is 4. The molecule has 0 saturated carbocycles. The SMILES string of the molecule is O=C1COc2cc(NC(=O)NCc3ccc(F)cc3C(F)(F)F)ccc2N1. The van der Waals surface area contributed by atoms with Crippen molar-refractivity contribution in [3.8, 4) is 5.75 Å². The fraction of sp³-hybridized carbons (Fsp3) is 0.176. The standard InChI is InChI=1S/C17H13F4N3O3/c18-10-2-1-9(12(5-10)17(19,20)21)7-22-16(26)23-11-3-4-13-14(6-11)27-8-15(25)24-13/h1-6H,7-8H2,(H,24,25)(H2,22,23,26). The van der Waals surface area contributed by atoms with Crippen molar-refractivity contribution in [3.05, 3.63) is 53.3 Å². The number of hydrogen-bond donors (Lipinski definition) is 3. The van der Waals surface area contributed by atoms with E-state index in [9.17, 15) is 27.2 Å². The van der Waals surface area contributed by atoms with Gasteiger partial charge in [-0.25, -0.2) is 9.18 Å². The van der Waals surface area contributed by atoms with E-state index in [1.165, 1.54) is 18.2 Å². The van der Waals surface area contributed by atoms with Crippen molar-refractivity contribution < 1.29 is 31.9 Å². The summed E-state index contributed by atoms with van der Waals surface area (Å²) < 4.78 is 57.1. The highest BCUT2D eigenvalue weighted by atomic mass is 19.4. The van der Waals surface area contributed by atoms with Gasteiger partial charge in [-0.15, -0.1) is 0 Å². The van der Waals surface area contributed by atoms with Gasteiger partial charge in [0.25, 0.3) is 5.91 Å². The summed E-state index contributed by atoms with van der Waals surface area (Å²) in [6, 6.07) is 5.95. The minimum Gasteiger partial charge on any atom is -0.482 e. The smallest absolute Gasteiger partial charge is 0.416 e. The van der Waals surface area contributed by atoms with Crippen LogP contribution in [0, 0.1) is 5.82 Å². The topological polar surface area (TPSA) is 79.5 Å². The molecular weight excluding hydrogens is 370 g/mol. The maximum atomic E-state index is 13.1. The molecule has 10 heteroatoms. The molecule has 0 saturated heterocycles. The second-order valence-electron chi connectivity index (χ2n) is 5.65. The Morgan fingerprint density at radius 2 is 1.96 bits per heavy atom. The third-order valence-electron chi connectivity index (χ3n) is 3.69. The monoisotopic (exact) mass is 383 g/mol. The van der Waals surface area contributed by atoms with Gasteiger partial charge < -0.3 is 20.7 Å². The van der Waals surface area contributed by atoms with Crippen LogP contribution in [-0.2, 0) is 17.5 Å². The zero-order valence-corrected chi connectivity index (χ0v) is 13.6. The molecule has 0 bridgehead atoms. The number of amides is 3. The zero-order chi connectivity index (χ0) is 19.6. The lowest BCUT2D eigenvalue weighted by Crippen LogP contribution is -2.29. The van der Waals surface area contributed by atoms with Gasteiger partial charge in [0.05, 0.1) is 11.3 Å². The van der Waals surface area contributed by atoms with Crippen LogP contribution in [-0.4, -0.2) is 18.5 Å². The molecule has 142 valence electrons. The number of hydrogen-bond acceptors (Lipinski definition) is 3. The summed E-state index contributed by atoms with van der Waals surface area (Å²) in [4.78, 5) is 23.2. The van der Waals surface area contributed by atoms with Gasteiger partial charge >= 0.3 is 12.2 Å². The predicted molar refractivity (Wildman–Crippen MR) is 87.8 cm³/mol. The first-order valence-corrected chi connectivity index (χ1v) is 7.69. The van der Waals surface area contributed by atoms with E-state index < -0.39 is 30.1 Å². The first-order chi connectivity index (χ1) is 12.7. The first kappa shape index (κ1) is 18.5. The van der Waals surface area contributed by atoms with E-state index in [0.717, 1.165) is 12.1 Å². The highest BCUT2D eigenvalue weighted by Crippen LogP contribution is 2.33. The average molecular weight is 383 g/mol. The number of carbonyl (C=O) groups excluding carboxylic acids is 2. The van der Waals surface area contributed by atoms with Crippen molar-refractivity contribution >= 4 is 23.3 Å². The molecule has 2 aromatic carbocycles. The van der Waals surface area contributed by atoms with Gasteiger partial charge in [0, 0.05) is 18.3 Å². The normalized spacial score (nSPS) is 13.3. The number of rotatable bonds is 3. The average Bonchev–Trinajstić information content (AvgIpc) is 2.60. The second-order valence-corrected chi connectivity index (χ2v) is 5.65. The molecule has 0 atom stereocenters. The van der Waals surface area contributed by atoms with E-state index >= 15 is 0 Å². The van der Waals surface area contributed by atoms with Crippen molar-refractivity contribution in [3.63, 3.8) is 0 Å². The number of ether oxygens (including phenoxy) is 1. The molecule has 3 rings (SSSR count). The molecule has 1 heterocycles. The molecule has 3 amide bonds. The van der Waals surface area contributed by atoms with Crippen LogP contribution in [0.1, 0.15) is 11.1 Å². The first-order valence-electron chi connectivity index (χ1n) is 7.69. The Bertz CT molecular complexity index is 899. The number of benzene rings is 2. The van der Waals surface area contributed by atoms with E-state index in [-0.39, 0.29) is 18.1 Å². The van der Waals surface area contributed by atoms with Crippen molar-refractivity contribution in [1.29, 1.82) is 0 Å². The molecule has 0 aromatic heterocycles. The molecule has 3 N–H and O–H groups in total. The van der Waals surface area contributed by atoms with Crippen LogP contribution >= 0.6 is 0 Å². The molecule has 27 heavy (non-hydrogen) atoms. The minimum absolute atomic E-state index is 0.159.